The van der Waals surface area contributed by atoms with E-state index in [0.717, 1.165) is 30.7 Å². The summed E-state index contributed by atoms with van der Waals surface area (Å²) in [5.41, 5.74) is 1.02. The lowest BCUT2D eigenvalue weighted by Crippen LogP contribution is -2.45. The van der Waals surface area contributed by atoms with Crippen LogP contribution in [0.3, 0.4) is 0 Å². The molecule has 1 heterocycles. The Morgan fingerprint density at radius 2 is 1.87 bits per heavy atom. The third-order valence-electron chi connectivity index (χ3n) is 5.39. The monoisotopic (exact) mass is 446 g/mol. The van der Waals surface area contributed by atoms with Gasteiger partial charge in [0, 0.05) is 36.2 Å². The van der Waals surface area contributed by atoms with Crippen molar-refractivity contribution in [3.8, 4) is 0 Å². The minimum atomic E-state index is -3.53. The van der Waals surface area contributed by atoms with Crippen molar-refractivity contribution in [2.45, 2.75) is 36.5 Å². The van der Waals surface area contributed by atoms with Gasteiger partial charge in [0.2, 0.25) is 15.9 Å². The van der Waals surface area contributed by atoms with Gasteiger partial charge in [-0.1, -0.05) is 42.8 Å². The number of sulfonamides is 1. The van der Waals surface area contributed by atoms with Gasteiger partial charge in [0.15, 0.2) is 0 Å². The molecular weight excluding hydrogens is 416 g/mol. The van der Waals surface area contributed by atoms with Crippen molar-refractivity contribution in [2.24, 2.45) is 11.8 Å². The van der Waals surface area contributed by atoms with Gasteiger partial charge >= 0.3 is 0 Å². The third-order valence-corrected chi connectivity index (χ3v) is 8.10. The van der Waals surface area contributed by atoms with Gasteiger partial charge in [0.25, 0.3) is 0 Å². The van der Waals surface area contributed by atoms with Gasteiger partial charge in [-0.15, -0.1) is 11.8 Å². The number of thioether (sulfide) groups is 1. The Hall–Kier alpha value is -1.83. The molecule has 5 nitrogen and oxygen atoms in total. The average Bonchev–Trinajstić information content (AvgIpc) is 2.77. The number of rotatable bonds is 8. The summed E-state index contributed by atoms with van der Waals surface area (Å²) in [6, 6.07) is 16.9. The first-order valence-electron chi connectivity index (χ1n) is 10.4. The first-order valence-corrected chi connectivity index (χ1v) is 12.8. The quantitative estimate of drug-likeness (QED) is 0.624. The fourth-order valence-corrected chi connectivity index (χ4v) is 5.63. The normalized spacial score (nSPS) is 18.2. The summed E-state index contributed by atoms with van der Waals surface area (Å²) >= 11 is 1.69. The van der Waals surface area contributed by atoms with E-state index >= 15 is 0 Å². The summed E-state index contributed by atoms with van der Waals surface area (Å²) in [6.07, 6.45) is 1.83. The zero-order valence-electron chi connectivity index (χ0n) is 17.6. The molecule has 1 N–H and O–H groups in total. The van der Waals surface area contributed by atoms with Gasteiger partial charge in [-0.05, 0) is 49.9 Å². The van der Waals surface area contributed by atoms with E-state index in [1.807, 2.05) is 36.9 Å². The molecule has 2 atom stereocenters. The average molecular weight is 447 g/mol. The molecular formula is C23H30N2O3S2. The Morgan fingerprint density at radius 1 is 1.17 bits per heavy atom. The lowest BCUT2D eigenvalue weighted by molar-refractivity contribution is -0.136. The zero-order valence-corrected chi connectivity index (χ0v) is 19.2. The van der Waals surface area contributed by atoms with E-state index in [1.165, 1.54) is 4.90 Å². The number of nitrogens with zero attached hydrogens (tertiary/aromatic N) is 1. The van der Waals surface area contributed by atoms with Crippen LogP contribution in [0.5, 0.6) is 0 Å². The van der Waals surface area contributed by atoms with Gasteiger partial charge in [0.05, 0.1) is 4.90 Å². The molecule has 2 aromatic carbocycles. The fraction of sp³-hybridized carbons (Fsp3) is 0.435. The summed E-state index contributed by atoms with van der Waals surface area (Å²) in [5, 5.41) is 0. The summed E-state index contributed by atoms with van der Waals surface area (Å²) in [7, 11) is -3.53. The second-order valence-corrected chi connectivity index (χ2v) is 10.8. The van der Waals surface area contributed by atoms with Gasteiger partial charge < -0.3 is 4.90 Å². The SMILES string of the molecule is Cc1ccc(S(=O)(=O)NCC2CCCN(C(=O)C(C)CSc3ccccc3)C2)cc1. The number of carbonyl (C=O) groups excluding carboxylic acids is 1. The first kappa shape index (κ1) is 22.8. The number of benzene rings is 2. The smallest absolute Gasteiger partial charge is 0.240 e. The van der Waals surface area contributed by atoms with Crippen molar-refractivity contribution < 1.29 is 13.2 Å². The van der Waals surface area contributed by atoms with Crippen molar-refractivity contribution in [1.82, 2.24) is 9.62 Å². The Kier molecular flexibility index (Phi) is 7.97. The molecule has 1 saturated heterocycles. The molecule has 30 heavy (non-hydrogen) atoms. The van der Waals surface area contributed by atoms with Crippen LogP contribution in [0.4, 0.5) is 0 Å². The highest BCUT2D eigenvalue weighted by atomic mass is 32.2. The minimum Gasteiger partial charge on any atom is -0.342 e. The number of nitrogens with one attached hydrogen (secondary N) is 1. The van der Waals surface area contributed by atoms with E-state index in [1.54, 1.807) is 36.0 Å². The third kappa shape index (κ3) is 6.33. The molecule has 2 unspecified atom stereocenters. The standard InChI is InChI=1S/C23H30N2O3S2/c1-18-10-12-22(13-11-18)30(27,28)24-15-20-7-6-14-25(16-20)23(26)19(2)17-29-21-8-4-3-5-9-21/h3-5,8-13,19-20,24H,6-7,14-17H2,1-2H3. The number of amides is 1. The molecule has 0 radical (unpaired) electrons. The van der Waals surface area contributed by atoms with Crippen LogP contribution in [-0.4, -0.2) is 44.6 Å². The minimum absolute atomic E-state index is 0.0711. The molecule has 1 fully saturated rings. The van der Waals surface area contributed by atoms with Crippen LogP contribution in [0.1, 0.15) is 25.3 Å². The lowest BCUT2D eigenvalue weighted by Gasteiger charge is -2.34. The van der Waals surface area contributed by atoms with Crippen LogP contribution in [0, 0.1) is 18.8 Å². The van der Waals surface area contributed by atoms with E-state index in [0.29, 0.717) is 13.1 Å². The van der Waals surface area contributed by atoms with E-state index in [4.69, 9.17) is 0 Å². The van der Waals surface area contributed by atoms with Crippen molar-refractivity contribution >= 4 is 27.7 Å². The molecule has 0 spiro atoms. The number of hydrogen-bond donors (Lipinski definition) is 1. The largest absolute Gasteiger partial charge is 0.342 e. The van der Waals surface area contributed by atoms with Crippen molar-refractivity contribution in [3.05, 3.63) is 60.2 Å². The van der Waals surface area contributed by atoms with Crippen LogP contribution >= 0.6 is 11.8 Å². The molecule has 0 bridgehead atoms. The van der Waals surface area contributed by atoms with Crippen LogP contribution in [0.25, 0.3) is 0 Å². The number of piperidine rings is 1. The Labute approximate surface area is 184 Å². The fourth-order valence-electron chi connectivity index (χ4n) is 3.58. The predicted octanol–water partition coefficient (Wildman–Crippen LogP) is 3.94. The first-order chi connectivity index (χ1) is 14.3. The lowest BCUT2D eigenvalue weighted by atomic mass is 9.97. The second kappa shape index (κ2) is 10.5. The van der Waals surface area contributed by atoms with Crippen molar-refractivity contribution in [1.29, 1.82) is 0 Å². The highest BCUT2D eigenvalue weighted by Gasteiger charge is 2.27. The van der Waals surface area contributed by atoms with Crippen LogP contribution in [0.2, 0.25) is 0 Å². The van der Waals surface area contributed by atoms with Crippen LogP contribution in [0.15, 0.2) is 64.4 Å². The van der Waals surface area contributed by atoms with Crippen LogP contribution < -0.4 is 4.72 Å². The van der Waals surface area contributed by atoms with Gasteiger partial charge in [-0.25, -0.2) is 13.1 Å². The molecule has 1 amide bonds. The molecule has 7 heteroatoms. The number of aryl methyl sites for hydroxylation is 1. The van der Waals surface area contributed by atoms with Crippen molar-refractivity contribution in [3.63, 3.8) is 0 Å². The second-order valence-electron chi connectivity index (χ2n) is 7.98. The number of likely N-dealkylation sites (tertiary alicyclic amines) is 1. The number of hydrogen-bond acceptors (Lipinski definition) is 4. The topological polar surface area (TPSA) is 66.5 Å². The van der Waals surface area contributed by atoms with Gasteiger partial charge in [-0.3, -0.25) is 4.79 Å². The van der Waals surface area contributed by atoms with E-state index in [-0.39, 0.29) is 22.6 Å². The zero-order chi connectivity index (χ0) is 21.6. The number of carbonyl (C=O) groups is 1. The van der Waals surface area contributed by atoms with E-state index in [9.17, 15) is 13.2 Å². The summed E-state index contributed by atoms with van der Waals surface area (Å²) < 4.78 is 27.8. The maximum Gasteiger partial charge on any atom is 0.240 e. The van der Waals surface area contributed by atoms with E-state index < -0.39 is 10.0 Å². The molecule has 0 saturated carbocycles. The summed E-state index contributed by atoms with van der Waals surface area (Å²) in [4.78, 5) is 16.2. The van der Waals surface area contributed by atoms with Crippen molar-refractivity contribution in [2.75, 3.05) is 25.4 Å². The Balaban J connectivity index is 1.50. The predicted molar refractivity (Wildman–Crippen MR) is 122 cm³/mol. The highest BCUT2D eigenvalue weighted by Crippen LogP contribution is 2.23. The van der Waals surface area contributed by atoms with Crippen LogP contribution in [-0.2, 0) is 14.8 Å². The van der Waals surface area contributed by atoms with Gasteiger partial charge in [-0.2, -0.15) is 0 Å². The maximum atomic E-state index is 12.9. The summed E-state index contributed by atoms with van der Waals surface area (Å²) in [6.45, 7) is 5.61. The Morgan fingerprint density at radius 3 is 2.57 bits per heavy atom. The molecule has 1 aliphatic heterocycles. The molecule has 0 aliphatic carbocycles. The molecule has 162 valence electrons. The molecule has 1 aliphatic rings. The highest BCUT2D eigenvalue weighted by molar-refractivity contribution is 7.99. The maximum absolute atomic E-state index is 12.9. The molecule has 0 aromatic heterocycles. The molecule has 3 rings (SSSR count). The Bertz CT molecular complexity index is 931. The van der Waals surface area contributed by atoms with Gasteiger partial charge in [0.1, 0.15) is 0 Å². The molecule has 2 aromatic rings. The van der Waals surface area contributed by atoms with E-state index in [2.05, 4.69) is 16.9 Å². The summed E-state index contributed by atoms with van der Waals surface area (Å²) in [5.74, 6) is 0.962.